The maximum absolute atomic E-state index is 13.3. The van der Waals surface area contributed by atoms with Gasteiger partial charge in [0.05, 0.1) is 19.8 Å². The summed E-state index contributed by atoms with van der Waals surface area (Å²) in [6.45, 7) is 4.79. The van der Waals surface area contributed by atoms with Crippen LogP contribution in [0, 0.1) is 5.82 Å². The highest BCUT2D eigenvalue weighted by molar-refractivity contribution is 9.10. The third kappa shape index (κ3) is 6.79. The van der Waals surface area contributed by atoms with Gasteiger partial charge < -0.3 is 14.8 Å². The zero-order valence-corrected chi connectivity index (χ0v) is 13.7. The van der Waals surface area contributed by atoms with Crippen molar-refractivity contribution in [3.05, 3.63) is 34.1 Å². The topological polar surface area (TPSA) is 30.5 Å². The molecule has 1 aromatic carbocycles. The minimum atomic E-state index is -0.210. The summed E-state index contributed by atoms with van der Waals surface area (Å²) in [5.74, 6) is -0.210. The summed E-state index contributed by atoms with van der Waals surface area (Å²) in [6, 6.07) is 4.94. The van der Waals surface area contributed by atoms with Crippen molar-refractivity contribution in [2.24, 2.45) is 0 Å². The summed E-state index contributed by atoms with van der Waals surface area (Å²) in [5.41, 5.74) is 0.953. The van der Waals surface area contributed by atoms with Crippen LogP contribution in [-0.2, 0) is 15.9 Å². The number of benzene rings is 1. The lowest BCUT2D eigenvalue weighted by Gasteiger charge is -2.19. The van der Waals surface area contributed by atoms with Crippen LogP contribution in [0.3, 0.4) is 0 Å². The van der Waals surface area contributed by atoms with Crippen molar-refractivity contribution >= 4 is 15.9 Å². The van der Waals surface area contributed by atoms with E-state index in [-0.39, 0.29) is 11.9 Å². The molecule has 1 aromatic rings. The average Bonchev–Trinajstić information content (AvgIpc) is 2.44. The van der Waals surface area contributed by atoms with Crippen molar-refractivity contribution < 1.29 is 13.9 Å². The molecule has 1 unspecified atom stereocenters. The van der Waals surface area contributed by atoms with Gasteiger partial charge in [0.25, 0.3) is 0 Å². The molecule has 0 spiro atoms. The van der Waals surface area contributed by atoms with Gasteiger partial charge in [0.2, 0.25) is 0 Å². The van der Waals surface area contributed by atoms with Gasteiger partial charge in [-0.3, -0.25) is 0 Å². The van der Waals surface area contributed by atoms with E-state index in [1.165, 1.54) is 6.07 Å². The van der Waals surface area contributed by atoms with Crippen LogP contribution in [0.25, 0.3) is 0 Å². The molecule has 1 rings (SSSR count). The second kappa shape index (κ2) is 10.3. The lowest BCUT2D eigenvalue weighted by Crippen LogP contribution is -2.36. The monoisotopic (exact) mass is 347 g/mol. The van der Waals surface area contributed by atoms with Crippen LogP contribution in [0.15, 0.2) is 22.7 Å². The van der Waals surface area contributed by atoms with Crippen LogP contribution in [0.4, 0.5) is 4.39 Å². The van der Waals surface area contributed by atoms with Crippen LogP contribution in [-0.4, -0.2) is 39.5 Å². The third-order valence-corrected chi connectivity index (χ3v) is 3.68. The van der Waals surface area contributed by atoms with Crippen LogP contribution in [0.5, 0.6) is 0 Å². The highest BCUT2D eigenvalue weighted by Gasteiger charge is 2.12. The fourth-order valence-corrected chi connectivity index (χ4v) is 2.28. The van der Waals surface area contributed by atoms with E-state index >= 15 is 0 Å². The Hall–Kier alpha value is -0.490. The van der Waals surface area contributed by atoms with Gasteiger partial charge in [-0.25, -0.2) is 4.39 Å². The lowest BCUT2D eigenvalue weighted by molar-refractivity contribution is 0.0587. The molecule has 0 aliphatic heterocycles. The predicted molar refractivity (Wildman–Crippen MR) is 82.6 cm³/mol. The summed E-state index contributed by atoms with van der Waals surface area (Å²) in [5, 5.41) is 3.43. The number of rotatable bonds is 10. The molecule has 1 atom stereocenters. The smallest absolute Gasteiger partial charge is 0.123 e. The molecular formula is C15H23BrFNO2. The molecule has 0 aromatic heterocycles. The van der Waals surface area contributed by atoms with E-state index in [4.69, 9.17) is 9.47 Å². The lowest BCUT2D eigenvalue weighted by atomic mass is 10.1. The zero-order chi connectivity index (χ0) is 14.8. The van der Waals surface area contributed by atoms with Gasteiger partial charge in [0, 0.05) is 17.6 Å². The molecule has 0 saturated heterocycles. The first kappa shape index (κ1) is 17.6. The summed E-state index contributed by atoms with van der Waals surface area (Å²) >= 11 is 3.46. The van der Waals surface area contributed by atoms with Crippen molar-refractivity contribution in [1.82, 2.24) is 5.32 Å². The Bertz CT molecular complexity index is 390. The number of hydrogen-bond acceptors (Lipinski definition) is 3. The largest absolute Gasteiger partial charge is 0.382 e. The highest BCUT2D eigenvalue weighted by atomic mass is 79.9. The summed E-state index contributed by atoms with van der Waals surface area (Å²) in [7, 11) is 1.65. The van der Waals surface area contributed by atoms with Crippen molar-refractivity contribution in [3.8, 4) is 0 Å². The van der Waals surface area contributed by atoms with E-state index in [0.717, 1.165) is 29.4 Å². The fourth-order valence-electron chi connectivity index (χ4n) is 1.87. The maximum Gasteiger partial charge on any atom is 0.123 e. The molecular weight excluding hydrogens is 325 g/mol. The Balaban J connectivity index is 2.55. The summed E-state index contributed by atoms with van der Waals surface area (Å²) < 4.78 is 24.8. The second-order valence-corrected chi connectivity index (χ2v) is 5.51. The van der Waals surface area contributed by atoms with Crippen molar-refractivity contribution in [2.75, 3.05) is 33.5 Å². The van der Waals surface area contributed by atoms with Gasteiger partial charge in [-0.15, -0.1) is 0 Å². The molecule has 0 fully saturated rings. The number of halogens is 2. The van der Waals surface area contributed by atoms with Crippen LogP contribution in [0.2, 0.25) is 0 Å². The molecule has 0 radical (unpaired) electrons. The number of ether oxygens (including phenoxy) is 2. The van der Waals surface area contributed by atoms with Crippen molar-refractivity contribution in [3.63, 3.8) is 0 Å². The number of hydrogen-bond donors (Lipinski definition) is 1. The fraction of sp³-hybridized carbons (Fsp3) is 0.600. The first-order valence-corrected chi connectivity index (χ1v) is 7.70. The number of methoxy groups -OCH3 is 1. The zero-order valence-electron chi connectivity index (χ0n) is 12.1. The molecule has 114 valence electrons. The van der Waals surface area contributed by atoms with Gasteiger partial charge in [-0.2, -0.15) is 0 Å². The maximum atomic E-state index is 13.3. The Morgan fingerprint density at radius 3 is 2.85 bits per heavy atom. The van der Waals surface area contributed by atoms with Crippen LogP contribution >= 0.6 is 15.9 Å². The van der Waals surface area contributed by atoms with Gasteiger partial charge >= 0.3 is 0 Å². The molecule has 0 aliphatic carbocycles. The van der Waals surface area contributed by atoms with E-state index in [9.17, 15) is 4.39 Å². The van der Waals surface area contributed by atoms with Gasteiger partial charge in [-0.1, -0.05) is 22.9 Å². The molecule has 0 saturated carbocycles. The summed E-state index contributed by atoms with van der Waals surface area (Å²) in [6.07, 6.45) is 1.78. The van der Waals surface area contributed by atoms with Crippen molar-refractivity contribution in [1.29, 1.82) is 0 Å². The molecule has 0 heterocycles. The molecule has 0 amide bonds. The standard InChI is InChI=1S/C15H23BrFNO2/c1-3-6-18-14(11-20-8-7-19-2)10-12-9-13(17)4-5-15(12)16/h4-5,9,14,18H,3,6-8,10-11H2,1-2H3. The summed E-state index contributed by atoms with van der Waals surface area (Å²) in [4.78, 5) is 0. The molecule has 0 bridgehead atoms. The normalized spacial score (nSPS) is 12.6. The minimum absolute atomic E-state index is 0.171. The van der Waals surface area contributed by atoms with E-state index in [2.05, 4.69) is 28.2 Å². The van der Waals surface area contributed by atoms with Crippen LogP contribution < -0.4 is 5.32 Å². The van der Waals surface area contributed by atoms with E-state index in [1.54, 1.807) is 19.2 Å². The molecule has 0 aliphatic rings. The van der Waals surface area contributed by atoms with Crippen LogP contribution in [0.1, 0.15) is 18.9 Å². The SMILES string of the molecule is CCCNC(COCCOC)Cc1cc(F)ccc1Br. The Morgan fingerprint density at radius 1 is 1.35 bits per heavy atom. The molecule has 1 N–H and O–H groups in total. The Labute approximate surface area is 129 Å². The third-order valence-electron chi connectivity index (χ3n) is 2.91. The highest BCUT2D eigenvalue weighted by Crippen LogP contribution is 2.19. The second-order valence-electron chi connectivity index (χ2n) is 4.66. The Morgan fingerprint density at radius 2 is 2.15 bits per heavy atom. The van der Waals surface area contributed by atoms with Gasteiger partial charge in [0.1, 0.15) is 5.82 Å². The first-order chi connectivity index (χ1) is 9.67. The van der Waals surface area contributed by atoms with E-state index < -0.39 is 0 Å². The average molecular weight is 348 g/mol. The molecule has 20 heavy (non-hydrogen) atoms. The van der Waals surface area contributed by atoms with Gasteiger partial charge in [0.15, 0.2) is 0 Å². The van der Waals surface area contributed by atoms with Crippen molar-refractivity contribution in [2.45, 2.75) is 25.8 Å². The van der Waals surface area contributed by atoms with E-state index in [1.807, 2.05) is 0 Å². The molecule has 5 heteroatoms. The van der Waals surface area contributed by atoms with Gasteiger partial charge in [-0.05, 0) is 43.1 Å². The minimum Gasteiger partial charge on any atom is -0.382 e. The number of nitrogens with one attached hydrogen (secondary N) is 1. The molecule has 3 nitrogen and oxygen atoms in total. The predicted octanol–water partition coefficient (Wildman–Crippen LogP) is 3.16. The quantitative estimate of drug-likeness (QED) is 0.659. The van der Waals surface area contributed by atoms with E-state index in [0.29, 0.717) is 19.8 Å². The Kier molecular flexibility index (Phi) is 9.02. The first-order valence-electron chi connectivity index (χ1n) is 6.91.